The third-order valence-electron chi connectivity index (χ3n) is 6.64. The lowest BCUT2D eigenvalue weighted by molar-refractivity contribution is -0.137. The number of carbonyl (C=O) groups is 1. The first-order chi connectivity index (χ1) is 18.9. The highest BCUT2D eigenvalue weighted by Gasteiger charge is 2.30. The van der Waals surface area contributed by atoms with Crippen LogP contribution in [-0.2, 0) is 38.3 Å². The Kier molecular flexibility index (Phi) is 10.4. The van der Waals surface area contributed by atoms with Crippen molar-refractivity contribution < 1.29 is 37.0 Å². The number of hydrogen-bond donors (Lipinski definition) is 1. The molecule has 2 fully saturated rings. The van der Waals surface area contributed by atoms with Crippen LogP contribution in [0, 0.1) is 5.92 Å². The predicted molar refractivity (Wildman–Crippen MR) is 138 cm³/mol. The van der Waals surface area contributed by atoms with Crippen molar-refractivity contribution >= 4 is 11.7 Å². The molecule has 0 saturated carbocycles. The van der Waals surface area contributed by atoms with Crippen LogP contribution < -0.4 is 10.1 Å². The molecule has 0 aliphatic carbocycles. The van der Waals surface area contributed by atoms with Crippen molar-refractivity contribution in [1.82, 2.24) is 10.2 Å². The average molecular weight is 550 g/mol. The van der Waals surface area contributed by atoms with Crippen LogP contribution >= 0.6 is 0 Å². The molecule has 1 N–H and O–H groups in total. The summed E-state index contributed by atoms with van der Waals surface area (Å²) in [6.45, 7) is 4.58. The van der Waals surface area contributed by atoms with Crippen LogP contribution in [-0.4, -0.2) is 69.3 Å². The second-order valence-corrected chi connectivity index (χ2v) is 9.54. The highest BCUT2D eigenvalue weighted by molar-refractivity contribution is 5.84. The topological polar surface area (TPSA) is 81.6 Å². The minimum atomic E-state index is -4.38. The van der Waals surface area contributed by atoms with Gasteiger partial charge in [-0.2, -0.15) is 13.2 Å². The van der Waals surface area contributed by atoms with Crippen LogP contribution in [0.1, 0.15) is 29.5 Å². The molecule has 2 aliphatic rings. The third-order valence-corrected chi connectivity index (χ3v) is 6.64. The molecule has 0 unspecified atom stereocenters. The maximum Gasteiger partial charge on any atom is 0.416 e. The number of carbonyl (C=O) groups excluding carboxylic acids is 1. The van der Waals surface area contributed by atoms with Crippen molar-refractivity contribution in [1.29, 1.82) is 0 Å². The van der Waals surface area contributed by atoms with E-state index in [1.807, 2.05) is 12.1 Å². The molecule has 0 atom stereocenters. The fraction of sp³-hybridized carbons (Fsp3) is 0.500. The van der Waals surface area contributed by atoms with E-state index in [-0.39, 0.29) is 19.1 Å². The quantitative estimate of drug-likeness (QED) is 0.274. The molecule has 0 bridgehead atoms. The third kappa shape index (κ3) is 9.43. The number of amides is 1. The number of benzene rings is 2. The molecule has 11 heteroatoms. The summed E-state index contributed by atoms with van der Waals surface area (Å²) in [7, 11) is 0. The van der Waals surface area contributed by atoms with Crippen LogP contribution in [0.25, 0.3) is 0 Å². The fourth-order valence-electron chi connectivity index (χ4n) is 4.29. The number of nitrogens with one attached hydrogen (secondary N) is 1. The Morgan fingerprint density at radius 1 is 0.949 bits per heavy atom. The molecule has 8 nitrogen and oxygen atoms in total. The molecule has 4 rings (SSSR count). The van der Waals surface area contributed by atoms with Gasteiger partial charge in [-0.3, -0.25) is 4.79 Å². The highest BCUT2D eigenvalue weighted by atomic mass is 19.4. The van der Waals surface area contributed by atoms with Crippen molar-refractivity contribution in [3.8, 4) is 5.75 Å². The number of oxime groups is 1. The van der Waals surface area contributed by atoms with E-state index in [9.17, 15) is 18.0 Å². The second-order valence-electron chi connectivity index (χ2n) is 9.54. The lowest BCUT2D eigenvalue weighted by Crippen LogP contribution is -2.41. The Hall–Kier alpha value is -3.31. The smallest absolute Gasteiger partial charge is 0.416 e. The SMILES string of the molecule is O=C(COc1ccc(CC(=NOCc2ccc(C(F)(F)F)cc2)N2CCOCC2)cc1)NCC1CCOCC1. The molecule has 0 radical (unpaired) electrons. The predicted octanol–water partition coefficient (Wildman–Crippen LogP) is 4.03. The van der Waals surface area contributed by atoms with Crippen molar-refractivity contribution in [3.63, 3.8) is 0 Å². The van der Waals surface area contributed by atoms with E-state index in [2.05, 4.69) is 15.4 Å². The van der Waals surface area contributed by atoms with Gasteiger partial charge in [0.2, 0.25) is 0 Å². The normalized spacial score (nSPS) is 17.1. The molecule has 2 aromatic carbocycles. The molecule has 2 heterocycles. The fourth-order valence-corrected chi connectivity index (χ4v) is 4.29. The molecular formula is C28H34F3N3O5. The van der Waals surface area contributed by atoms with Crippen LogP contribution in [0.4, 0.5) is 13.2 Å². The Bertz CT molecular complexity index is 1070. The first-order valence-electron chi connectivity index (χ1n) is 13.1. The summed E-state index contributed by atoms with van der Waals surface area (Å²) in [6, 6.07) is 12.3. The maximum atomic E-state index is 12.8. The molecule has 0 spiro atoms. The number of halogens is 3. The van der Waals surface area contributed by atoms with Crippen molar-refractivity contribution in [2.45, 2.75) is 32.0 Å². The summed E-state index contributed by atoms with van der Waals surface area (Å²) < 4.78 is 54.8. The monoisotopic (exact) mass is 549 g/mol. The Balaban J connectivity index is 1.28. The Labute approximate surface area is 226 Å². The lowest BCUT2D eigenvalue weighted by Gasteiger charge is -2.29. The summed E-state index contributed by atoms with van der Waals surface area (Å²) in [4.78, 5) is 19.8. The number of nitrogens with zero attached hydrogens (tertiary/aromatic N) is 2. The van der Waals surface area contributed by atoms with Gasteiger partial charge in [-0.25, -0.2) is 0 Å². The second kappa shape index (κ2) is 14.2. The van der Waals surface area contributed by atoms with Gasteiger partial charge in [0.25, 0.3) is 5.91 Å². The van der Waals surface area contributed by atoms with Crippen LogP contribution in [0.2, 0.25) is 0 Å². The number of alkyl halides is 3. The van der Waals surface area contributed by atoms with Gasteiger partial charge in [-0.05, 0) is 54.2 Å². The maximum absolute atomic E-state index is 12.8. The van der Waals surface area contributed by atoms with Gasteiger partial charge >= 0.3 is 6.18 Å². The van der Waals surface area contributed by atoms with Crippen molar-refractivity contribution in [3.05, 3.63) is 65.2 Å². The Morgan fingerprint density at radius 3 is 2.26 bits per heavy atom. The van der Waals surface area contributed by atoms with E-state index in [1.165, 1.54) is 12.1 Å². The van der Waals surface area contributed by atoms with Crippen molar-refractivity contribution in [2.75, 3.05) is 52.7 Å². The van der Waals surface area contributed by atoms with E-state index in [0.29, 0.717) is 62.3 Å². The zero-order valence-electron chi connectivity index (χ0n) is 21.8. The van der Waals surface area contributed by atoms with E-state index < -0.39 is 11.7 Å². The largest absolute Gasteiger partial charge is 0.484 e. The number of rotatable bonds is 10. The lowest BCUT2D eigenvalue weighted by atomic mass is 10.0. The molecule has 2 aromatic rings. The summed E-state index contributed by atoms with van der Waals surface area (Å²) in [5, 5.41) is 7.25. The van der Waals surface area contributed by atoms with E-state index >= 15 is 0 Å². The van der Waals surface area contributed by atoms with Crippen LogP contribution in [0.5, 0.6) is 5.75 Å². The van der Waals surface area contributed by atoms with E-state index in [0.717, 1.165) is 43.8 Å². The molecule has 212 valence electrons. The minimum absolute atomic E-state index is 0.0509. The standard InChI is InChI=1S/C28H34F3N3O5/c29-28(30,31)24-5-1-23(2-6-24)19-39-33-26(34-11-15-37-16-12-34)17-21-3-7-25(8-4-21)38-20-27(35)32-18-22-9-13-36-14-10-22/h1-8,22H,9-20H2,(H,32,35). The summed E-state index contributed by atoms with van der Waals surface area (Å²) in [5.74, 6) is 1.58. The van der Waals surface area contributed by atoms with Gasteiger partial charge in [-0.15, -0.1) is 0 Å². The zero-order chi connectivity index (χ0) is 27.5. The first-order valence-corrected chi connectivity index (χ1v) is 13.1. The number of amidine groups is 1. The Morgan fingerprint density at radius 2 is 1.59 bits per heavy atom. The van der Waals surface area contributed by atoms with Gasteiger partial charge in [0.05, 0.1) is 18.8 Å². The minimum Gasteiger partial charge on any atom is -0.484 e. The number of hydrogen-bond acceptors (Lipinski definition) is 6. The van der Waals surface area contributed by atoms with Gasteiger partial charge in [0, 0.05) is 39.3 Å². The van der Waals surface area contributed by atoms with Gasteiger partial charge < -0.3 is 29.3 Å². The van der Waals surface area contributed by atoms with Crippen LogP contribution in [0.15, 0.2) is 53.7 Å². The average Bonchev–Trinajstić information content (AvgIpc) is 2.96. The number of ether oxygens (including phenoxy) is 3. The first kappa shape index (κ1) is 28.7. The van der Waals surface area contributed by atoms with Crippen molar-refractivity contribution in [2.24, 2.45) is 11.1 Å². The summed E-state index contributed by atoms with van der Waals surface area (Å²) in [6.07, 6.45) is -1.98. The molecule has 0 aromatic heterocycles. The summed E-state index contributed by atoms with van der Waals surface area (Å²) >= 11 is 0. The van der Waals surface area contributed by atoms with Gasteiger partial charge in [-0.1, -0.05) is 29.4 Å². The highest BCUT2D eigenvalue weighted by Crippen LogP contribution is 2.29. The van der Waals surface area contributed by atoms with Crippen LogP contribution in [0.3, 0.4) is 0 Å². The molecule has 2 saturated heterocycles. The summed E-state index contributed by atoms with van der Waals surface area (Å²) in [5.41, 5.74) is 0.855. The van der Waals surface area contributed by atoms with E-state index in [1.54, 1.807) is 12.1 Å². The van der Waals surface area contributed by atoms with Gasteiger partial charge in [0.1, 0.15) is 18.2 Å². The molecule has 1 amide bonds. The molecule has 2 aliphatic heterocycles. The molecular weight excluding hydrogens is 515 g/mol. The number of morpholine rings is 1. The molecule has 39 heavy (non-hydrogen) atoms. The van der Waals surface area contributed by atoms with Gasteiger partial charge in [0.15, 0.2) is 6.61 Å². The zero-order valence-corrected chi connectivity index (χ0v) is 21.8. The van der Waals surface area contributed by atoms with E-state index in [4.69, 9.17) is 19.0 Å².